The Morgan fingerprint density at radius 3 is 2.73 bits per heavy atom. The van der Waals surface area contributed by atoms with Crippen LogP contribution in [0.4, 0.5) is 0 Å². The van der Waals surface area contributed by atoms with Crippen molar-refractivity contribution in [1.82, 2.24) is 4.98 Å². The summed E-state index contributed by atoms with van der Waals surface area (Å²) in [4.78, 5) is 15.1. The Labute approximate surface area is 90.5 Å². The first kappa shape index (κ1) is 9.92. The molecule has 1 aromatic carbocycles. The van der Waals surface area contributed by atoms with Gasteiger partial charge in [0.15, 0.2) is 6.29 Å². The zero-order chi connectivity index (χ0) is 10.8. The summed E-state index contributed by atoms with van der Waals surface area (Å²) in [6, 6.07) is 3.47. The van der Waals surface area contributed by atoms with Crippen molar-refractivity contribution in [3.63, 3.8) is 0 Å². The van der Waals surface area contributed by atoms with Crippen molar-refractivity contribution in [2.75, 3.05) is 14.2 Å². The van der Waals surface area contributed by atoms with E-state index in [0.717, 1.165) is 16.5 Å². The summed E-state index contributed by atoms with van der Waals surface area (Å²) in [7, 11) is 3.11. The van der Waals surface area contributed by atoms with Gasteiger partial charge in [-0.2, -0.15) is 0 Å². The molecule has 0 radical (unpaired) electrons. The lowest BCUT2D eigenvalue weighted by Gasteiger charge is -1.99. The number of nitrogens with zero attached hydrogens (tertiary/aromatic N) is 1. The number of aldehydes is 1. The molecule has 0 aliphatic heterocycles. The number of benzene rings is 1. The summed E-state index contributed by atoms with van der Waals surface area (Å²) in [6.45, 7) is 0. The molecule has 78 valence electrons. The van der Waals surface area contributed by atoms with Gasteiger partial charge in [-0.1, -0.05) is 11.3 Å². The van der Waals surface area contributed by atoms with Crippen molar-refractivity contribution in [3.05, 3.63) is 17.7 Å². The third-order valence-electron chi connectivity index (χ3n) is 2.01. The molecule has 0 unspecified atom stereocenters. The molecule has 5 heteroatoms. The molecule has 1 heterocycles. The van der Waals surface area contributed by atoms with Gasteiger partial charge < -0.3 is 9.47 Å². The minimum absolute atomic E-state index is 0.543. The van der Waals surface area contributed by atoms with Crippen LogP contribution in [-0.2, 0) is 0 Å². The summed E-state index contributed by atoms with van der Waals surface area (Å²) in [5.41, 5.74) is 1.29. The van der Waals surface area contributed by atoms with Crippen LogP contribution >= 0.6 is 11.3 Å². The van der Waals surface area contributed by atoms with E-state index in [0.29, 0.717) is 16.5 Å². The van der Waals surface area contributed by atoms with Crippen LogP contribution in [0.1, 0.15) is 10.4 Å². The number of carbonyl (C=O) groups excluding carboxylic acids is 1. The smallest absolute Gasteiger partial charge is 0.274 e. The zero-order valence-corrected chi connectivity index (χ0v) is 9.13. The van der Waals surface area contributed by atoms with Gasteiger partial charge in [0.1, 0.15) is 5.75 Å². The predicted molar refractivity (Wildman–Crippen MR) is 58.1 cm³/mol. The molecule has 0 aliphatic carbocycles. The summed E-state index contributed by atoms with van der Waals surface area (Å²) in [6.07, 6.45) is 0.794. The maximum absolute atomic E-state index is 10.9. The molecule has 1 aromatic heterocycles. The fourth-order valence-electron chi connectivity index (χ4n) is 1.30. The van der Waals surface area contributed by atoms with E-state index in [1.165, 1.54) is 11.3 Å². The minimum atomic E-state index is 0.543. The minimum Gasteiger partial charge on any atom is -0.497 e. The van der Waals surface area contributed by atoms with Gasteiger partial charge in [0.05, 0.1) is 24.4 Å². The molecule has 0 N–H and O–H groups in total. The van der Waals surface area contributed by atoms with E-state index in [1.54, 1.807) is 26.4 Å². The van der Waals surface area contributed by atoms with Crippen molar-refractivity contribution in [2.24, 2.45) is 0 Å². The second-order valence-electron chi connectivity index (χ2n) is 2.87. The van der Waals surface area contributed by atoms with Crippen LogP contribution in [0.25, 0.3) is 10.2 Å². The second kappa shape index (κ2) is 3.86. The van der Waals surface area contributed by atoms with Gasteiger partial charge in [0.2, 0.25) is 0 Å². The Morgan fingerprint density at radius 2 is 2.13 bits per heavy atom. The van der Waals surface area contributed by atoms with Crippen molar-refractivity contribution >= 4 is 27.8 Å². The van der Waals surface area contributed by atoms with Crippen LogP contribution in [-0.4, -0.2) is 25.5 Å². The van der Waals surface area contributed by atoms with Crippen molar-refractivity contribution in [3.8, 4) is 10.9 Å². The van der Waals surface area contributed by atoms with Crippen LogP contribution in [0, 0.1) is 0 Å². The number of methoxy groups -OCH3 is 2. The Hall–Kier alpha value is -1.62. The third kappa shape index (κ3) is 1.66. The highest BCUT2D eigenvalue weighted by atomic mass is 32.1. The monoisotopic (exact) mass is 223 g/mol. The van der Waals surface area contributed by atoms with Crippen molar-refractivity contribution in [1.29, 1.82) is 0 Å². The number of thiazole rings is 1. The Morgan fingerprint density at radius 1 is 1.33 bits per heavy atom. The molecule has 0 bridgehead atoms. The van der Waals surface area contributed by atoms with Gasteiger partial charge in [-0.05, 0) is 6.07 Å². The molecule has 4 nitrogen and oxygen atoms in total. The summed E-state index contributed by atoms with van der Waals surface area (Å²) < 4.78 is 10.9. The number of hydrogen-bond acceptors (Lipinski definition) is 5. The predicted octanol–water partition coefficient (Wildman–Crippen LogP) is 2.13. The van der Waals surface area contributed by atoms with Gasteiger partial charge >= 0.3 is 0 Å². The molecule has 0 amide bonds. The normalized spacial score (nSPS) is 10.3. The topological polar surface area (TPSA) is 48.4 Å². The highest BCUT2D eigenvalue weighted by Gasteiger charge is 2.10. The fourth-order valence-corrected chi connectivity index (χ4v) is 2.14. The SMILES string of the molecule is COc1cc(C=O)c2sc(OC)nc2c1. The van der Waals surface area contributed by atoms with Crippen molar-refractivity contribution in [2.45, 2.75) is 0 Å². The molecule has 0 saturated carbocycles. The zero-order valence-electron chi connectivity index (χ0n) is 8.31. The quantitative estimate of drug-likeness (QED) is 0.748. The molecular weight excluding hydrogens is 214 g/mol. The molecule has 2 aromatic rings. The van der Waals surface area contributed by atoms with Crippen LogP contribution in [0.15, 0.2) is 12.1 Å². The lowest BCUT2D eigenvalue weighted by atomic mass is 10.2. The number of ether oxygens (including phenoxy) is 2. The average molecular weight is 223 g/mol. The largest absolute Gasteiger partial charge is 0.497 e. The van der Waals surface area contributed by atoms with Crippen LogP contribution in [0.5, 0.6) is 10.9 Å². The Kier molecular flexibility index (Phi) is 2.55. The van der Waals surface area contributed by atoms with E-state index in [-0.39, 0.29) is 0 Å². The first-order valence-corrected chi connectivity index (χ1v) is 5.08. The number of carbonyl (C=O) groups is 1. The molecule has 2 rings (SSSR count). The van der Waals surface area contributed by atoms with Crippen molar-refractivity contribution < 1.29 is 14.3 Å². The Balaban J connectivity index is 2.71. The first-order valence-electron chi connectivity index (χ1n) is 4.26. The number of hydrogen-bond donors (Lipinski definition) is 0. The van der Waals surface area contributed by atoms with Crippen LogP contribution in [0.3, 0.4) is 0 Å². The summed E-state index contributed by atoms with van der Waals surface area (Å²) in [5, 5.41) is 0.543. The highest BCUT2D eigenvalue weighted by molar-refractivity contribution is 7.20. The summed E-state index contributed by atoms with van der Waals surface area (Å²) in [5.74, 6) is 0.623. The van der Waals surface area contributed by atoms with Crippen LogP contribution in [0.2, 0.25) is 0 Å². The lowest BCUT2D eigenvalue weighted by molar-refractivity contribution is 0.112. The first-order chi connectivity index (χ1) is 7.28. The van der Waals surface area contributed by atoms with E-state index in [9.17, 15) is 4.79 Å². The second-order valence-corrected chi connectivity index (χ2v) is 3.83. The van der Waals surface area contributed by atoms with E-state index < -0.39 is 0 Å². The van der Waals surface area contributed by atoms with Gasteiger partial charge in [-0.25, -0.2) is 4.98 Å². The molecular formula is C10H9NO3S. The summed E-state index contributed by atoms with van der Waals surface area (Å²) >= 11 is 1.35. The fraction of sp³-hybridized carbons (Fsp3) is 0.200. The molecule has 0 fully saturated rings. The average Bonchev–Trinajstić information content (AvgIpc) is 2.70. The van der Waals surface area contributed by atoms with Gasteiger partial charge in [-0.3, -0.25) is 4.79 Å². The van der Waals surface area contributed by atoms with Gasteiger partial charge in [0.25, 0.3) is 5.19 Å². The maximum atomic E-state index is 10.9. The number of fused-ring (bicyclic) bond motifs is 1. The van der Waals surface area contributed by atoms with E-state index in [4.69, 9.17) is 9.47 Å². The maximum Gasteiger partial charge on any atom is 0.274 e. The highest BCUT2D eigenvalue weighted by Crippen LogP contribution is 2.32. The van der Waals surface area contributed by atoms with E-state index in [2.05, 4.69) is 4.98 Å². The molecule has 0 spiro atoms. The van der Waals surface area contributed by atoms with Gasteiger partial charge in [0, 0.05) is 11.6 Å². The molecule has 0 aliphatic rings. The molecule has 0 atom stereocenters. The lowest BCUT2D eigenvalue weighted by Crippen LogP contribution is -1.86. The van der Waals surface area contributed by atoms with E-state index in [1.807, 2.05) is 0 Å². The number of aromatic nitrogens is 1. The third-order valence-corrected chi connectivity index (χ3v) is 3.09. The Bertz CT molecular complexity index is 507. The van der Waals surface area contributed by atoms with E-state index >= 15 is 0 Å². The number of rotatable bonds is 3. The molecule has 0 saturated heterocycles. The molecule has 15 heavy (non-hydrogen) atoms. The standard InChI is InChI=1S/C10H9NO3S/c1-13-7-3-6(5-12)9-8(4-7)11-10(14-2)15-9/h3-5H,1-2H3. The van der Waals surface area contributed by atoms with Gasteiger partial charge in [-0.15, -0.1) is 0 Å². The van der Waals surface area contributed by atoms with Crippen LogP contribution < -0.4 is 9.47 Å².